The molecule has 0 saturated heterocycles. The topological polar surface area (TPSA) is 98.4 Å². The molecule has 8 nitrogen and oxygen atoms in total. The molecule has 192 valence electrons. The molecule has 0 aliphatic heterocycles. The number of benzene rings is 2. The van der Waals surface area contributed by atoms with Gasteiger partial charge in [-0.2, -0.15) is 0 Å². The highest BCUT2D eigenvalue weighted by molar-refractivity contribution is 7.98. The summed E-state index contributed by atoms with van der Waals surface area (Å²) in [4.78, 5) is 47.5. The van der Waals surface area contributed by atoms with Gasteiger partial charge in [-0.05, 0) is 42.0 Å². The Balaban J connectivity index is 1.36. The number of hydrogen-bond donors (Lipinski definition) is 1. The normalized spacial score (nSPS) is 11.2. The molecule has 0 unspecified atom stereocenters. The van der Waals surface area contributed by atoms with Crippen LogP contribution in [0.4, 0.5) is 4.39 Å². The van der Waals surface area contributed by atoms with Crippen LogP contribution in [0.15, 0.2) is 87.7 Å². The number of fused-ring (bicyclic) bond motifs is 2. The lowest BCUT2D eigenvalue weighted by molar-refractivity contribution is -0.121. The Morgan fingerprint density at radius 3 is 2.63 bits per heavy atom. The van der Waals surface area contributed by atoms with Crippen LogP contribution < -0.4 is 16.4 Å². The zero-order valence-corrected chi connectivity index (χ0v) is 21.5. The highest BCUT2D eigenvalue weighted by atomic mass is 35.5. The van der Waals surface area contributed by atoms with E-state index in [1.54, 1.807) is 48.5 Å². The zero-order valence-electron chi connectivity index (χ0n) is 19.9. The fraction of sp³-hybridized carbons (Fsp3) is 0.148. The molecule has 0 radical (unpaired) electrons. The average Bonchev–Trinajstić information content (AvgIpc) is 2.91. The maximum Gasteiger partial charge on any atom is 0.262 e. The van der Waals surface area contributed by atoms with Crippen molar-refractivity contribution in [3.63, 3.8) is 0 Å². The van der Waals surface area contributed by atoms with E-state index in [0.29, 0.717) is 32.4 Å². The minimum absolute atomic E-state index is 0.0466. The number of halogens is 2. The van der Waals surface area contributed by atoms with Gasteiger partial charge in [-0.3, -0.25) is 23.4 Å². The van der Waals surface area contributed by atoms with Crippen molar-refractivity contribution < 1.29 is 9.18 Å². The molecule has 2 aromatic carbocycles. The van der Waals surface area contributed by atoms with Gasteiger partial charge in [0.1, 0.15) is 11.5 Å². The predicted molar refractivity (Wildman–Crippen MR) is 145 cm³/mol. The first-order chi connectivity index (χ1) is 18.4. The Kier molecular flexibility index (Phi) is 7.52. The highest BCUT2D eigenvalue weighted by Crippen LogP contribution is 2.22. The van der Waals surface area contributed by atoms with Crippen LogP contribution in [0.25, 0.3) is 16.6 Å². The van der Waals surface area contributed by atoms with Gasteiger partial charge in [0.15, 0.2) is 5.16 Å². The van der Waals surface area contributed by atoms with Crippen molar-refractivity contribution in [3.8, 4) is 0 Å². The van der Waals surface area contributed by atoms with Crippen molar-refractivity contribution >= 4 is 45.8 Å². The van der Waals surface area contributed by atoms with E-state index in [1.165, 1.54) is 45.1 Å². The summed E-state index contributed by atoms with van der Waals surface area (Å²) in [7, 11) is 0. The third-order valence-corrected chi connectivity index (χ3v) is 7.05. The molecule has 1 N–H and O–H groups in total. The molecule has 3 heterocycles. The lowest BCUT2D eigenvalue weighted by atomic mass is 10.2. The number of nitrogens with one attached hydrogen (secondary N) is 1. The van der Waals surface area contributed by atoms with Crippen LogP contribution in [-0.2, 0) is 23.6 Å². The summed E-state index contributed by atoms with van der Waals surface area (Å²) in [5.41, 5.74) is 1.76. The average molecular weight is 550 g/mol. The van der Waals surface area contributed by atoms with Gasteiger partial charge in [-0.15, -0.1) is 0 Å². The first kappa shape index (κ1) is 25.6. The Morgan fingerprint density at radius 1 is 1.03 bits per heavy atom. The van der Waals surface area contributed by atoms with Gasteiger partial charge < -0.3 is 5.32 Å². The number of hydrogen-bond acceptors (Lipinski definition) is 6. The summed E-state index contributed by atoms with van der Waals surface area (Å²) in [6.45, 7) is 0.362. The molecule has 0 saturated carbocycles. The van der Waals surface area contributed by atoms with Gasteiger partial charge in [0.25, 0.3) is 11.1 Å². The number of carbonyl (C=O) groups excluding carboxylic acids is 1. The van der Waals surface area contributed by atoms with E-state index in [2.05, 4.69) is 15.3 Å². The maximum atomic E-state index is 13.3. The second-order valence-electron chi connectivity index (χ2n) is 8.47. The molecule has 0 fully saturated rings. The fourth-order valence-electron chi connectivity index (χ4n) is 3.90. The predicted octanol–water partition coefficient (Wildman–Crippen LogP) is 4.20. The van der Waals surface area contributed by atoms with E-state index in [4.69, 9.17) is 11.6 Å². The third kappa shape index (κ3) is 5.76. The molecule has 0 spiro atoms. The van der Waals surface area contributed by atoms with Crippen LogP contribution in [0.1, 0.15) is 17.7 Å². The van der Waals surface area contributed by atoms with Crippen LogP contribution in [0, 0.1) is 5.82 Å². The van der Waals surface area contributed by atoms with Crippen LogP contribution in [0.5, 0.6) is 0 Å². The molecule has 5 aromatic rings. The minimum Gasteiger partial charge on any atom is -0.352 e. The molecular formula is C27H21ClFN5O3S. The molecular weight excluding hydrogens is 529 g/mol. The lowest BCUT2D eigenvalue weighted by Crippen LogP contribution is -2.28. The van der Waals surface area contributed by atoms with Crippen molar-refractivity contribution in [3.05, 3.63) is 116 Å². The van der Waals surface area contributed by atoms with Gasteiger partial charge in [-0.25, -0.2) is 14.4 Å². The summed E-state index contributed by atoms with van der Waals surface area (Å²) >= 11 is 7.25. The Morgan fingerprint density at radius 2 is 1.82 bits per heavy atom. The van der Waals surface area contributed by atoms with E-state index < -0.39 is 0 Å². The van der Waals surface area contributed by atoms with Crippen LogP contribution in [-0.4, -0.2) is 24.8 Å². The van der Waals surface area contributed by atoms with Gasteiger partial charge in [0.2, 0.25) is 5.91 Å². The SMILES string of the molecule is O=C(CCn1c(SCc2cc(=O)n3cc(Cl)ccc3n2)nc2ccccc2c1=O)NCc1ccc(F)cc1. The fourth-order valence-corrected chi connectivity index (χ4v) is 4.98. The summed E-state index contributed by atoms with van der Waals surface area (Å²) in [5.74, 6) is -0.314. The Labute approximate surface area is 225 Å². The smallest absolute Gasteiger partial charge is 0.262 e. The quantitative estimate of drug-likeness (QED) is 0.230. The highest BCUT2D eigenvalue weighted by Gasteiger charge is 2.14. The van der Waals surface area contributed by atoms with Crippen molar-refractivity contribution in [2.24, 2.45) is 0 Å². The van der Waals surface area contributed by atoms with Crippen molar-refractivity contribution in [2.75, 3.05) is 0 Å². The number of aromatic nitrogens is 4. The number of thioether (sulfide) groups is 1. The van der Waals surface area contributed by atoms with E-state index in [1.807, 2.05) is 0 Å². The number of para-hydroxylation sites is 1. The second kappa shape index (κ2) is 11.2. The number of amides is 1. The van der Waals surface area contributed by atoms with E-state index in [-0.39, 0.29) is 48.1 Å². The number of carbonyl (C=O) groups is 1. The van der Waals surface area contributed by atoms with Gasteiger partial charge in [0, 0.05) is 37.5 Å². The molecule has 3 aromatic heterocycles. The maximum absolute atomic E-state index is 13.3. The molecule has 38 heavy (non-hydrogen) atoms. The van der Waals surface area contributed by atoms with Gasteiger partial charge >= 0.3 is 0 Å². The van der Waals surface area contributed by atoms with Gasteiger partial charge in [0.05, 0.1) is 21.6 Å². The van der Waals surface area contributed by atoms with Crippen LogP contribution in [0.2, 0.25) is 5.02 Å². The lowest BCUT2D eigenvalue weighted by Gasteiger charge is -2.13. The number of nitrogens with zero attached hydrogens (tertiary/aromatic N) is 4. The monoisotopic (exact) mass is 549 g/mol. The molecule has 1 amide bonds. The third-order valence-electron chi connectivity index (χ3n) is 5.82. The number of pyridine rings is 1. The molecule has 5 rings (SSSR count). The second-order valence-corrected chi connectivity index (χ2v) is 9.85. The van der Waals surface area contributed by atoms with Crippen LogP contribution >= 0.6 is 23.4 Å². The zero-order chi connectivity index (χ0) is 26.6. The van der Waals surface area contributed by atoms with Crippen LogP contribution in [0.3, 0.4) is 0 Å². The standard InChI is InChI=1S/C27H21ClFN5O3S/c28-18-7-10-23-31-20(13-25(36)34(23)15-18)16-38-27-32-22-4-2-1-3-21(22)26(37)33(27)12-11-24(35)30-14-17-5-8-19(29)9-6-17/h1-10,13,15H,11-12,14,16H2,(H,30,35). The first-order valence-corrected chi connectivity index (χ1v) is 13.0. The minimum atomic E-state index is -0.346. The van der Waals surface area contributed by atoms with Crippen molar-refractivity contribution in [1.82, 2.24) is 24.3 Å². The molecule has 0 aliphatic rings. The summed E-state index contributed by atoms with van der Waals surface area (Å²) < 4.78 is 15.9. The Hall–Kier alpha value is -4.02. The van der Waals surface area contributed by atoms with Crippen molar-refractivity contribution in [1.29, 1.82) is 0 Å². The molecule has 0 atom stereocenters. The summed E-state index contributed by atoms with van der Waals surface area (Å²) in [6.07, 6.45) is 1.55. The van der Waals surface area contributed by atoms with E-state index in [9.17, 15) is 18.8 Å². The number of rotatable bonds is 8. The van der Waals surface area contributed by atoms with E-state index >= 15 is 0 Å². The molecule has 0 aliphatic carbocycles. The first-order valence-electron chi connectivity index (χ1n) is 11.7. The largest absolute Gasteiger partial charge is 0.352 e. The van der Waals surface area contributed by atoms with Gasteiger partial charge in [-0.1, -0.05) is 47.6 Å². The van der Waals surface area contributed by atoms with Crippen molar-refractivity contribution in [2.45, 2.75) is 30.4 Å². The molecule has 0 bridgehead atoms. The van der Waals surface area contributed by atoms with E-state index in [0.717, 1.165) is 5.56 Å². The summed E-state index contributed by atoms with van der Waals surface area (Å²) in [6, 6.07) is 17.6. The Bertz CT molecular complexity index is 1770. The molecule has 11 heteroatoms. The summed E-state index contributed by atoms with van der Waals surface area (Å²) in [5, 5.41) is 4.08.